The van der Waals surface area contributed by atoms with E-state index in [1.54, 1.807) is 0 Å². The molecule has 13 heavy (non-hydrogen) atoms. The van der Waals surface area contributed by atoms with E-state index in [1.165, 1.54) is 0 Å². The monoisotopic (exact) mass is 182 g/mol. The SMILES string of the molecule is CC1(c2nc(N)n[nH]2)CCOCC1. The second-order valence-electron chi connectivity index (χ2n) is 3.72. The predicted octanol–water partition coefficient (Wildman–Crippen LogP) is 0.455. The number of hydrogen-bond donors (Lipinski definition) is 2. The van der Waals surface area contributed by atoms with Crippen LogP contribution in [0, 0.1) is 0 Å². The Kier molecular flexibility index (Phi) is 1.95. The Balaban J connectivity index is 2.22. The van der Waals surface area contributed by atoms with Crippen LogP contribution in [0.15, 0.2) is 0 Å². The van der Waals surface area contributed by atoms with Gasteiger partial charge in [-0.3, -0.25) is 5.10 Å². The largest absolute Gasteiger partial charge is 0.381 e. The molecule has 2 rings (SSSR count). The summed E-state index contributed by atoms with van der Waals surface area (Å²) in [6, 6.07) is 0. The fourth-order valence-corrected chi connectivity index (χ4v) is 1.60. The quantitative estimate of drug-likeness (QED) is 0.661. The molecule has 3 N–H and O–H groups in total. The summed E-state index contributed by atoms with van der Waals surface area (Å²) in [7, 11) is 0. The molecule has 0 aliphatic carbocycles. The molecule has 0 bridgehead atoms. The molecule has 0 spiro atoms. The normalized spacial score (nSPS) is 21.6. The lowest BCUT2D eigenvalue weighted by Crippen LogP contribution is -2.31. The Morgan fingerprint density at radius 2 is 2.15 bits per heavy atom. The smallest absolute Gasteiger partial charge is 0.239 e. The van der Waals surface area contributed by atoms with E-state index in [4.69, 9.17) is 10.5 Å². The van der Waals surface area contributed by atoms with Gasteiger partial charge in [0.15, 0.2) is 0 Å². The molecule has 1 saturated heterocycles. The van der Waals surface area contributed by atoms with Gasteiger partial charge in [0.1, 0.15) is 5.82 Å². The second kappa shape index (κ2) is 2.99. The number of aromatic amines is 1. The Labute approximate surface area is 76.7 Å². The van der Waals surface area contributed by atoms with Crippen LogP contribution in [0.1, 0.15) is 25.6 Å². The maximum Gasteiger partial charge on any atom is 0.239 e. The van der Waals surface area contributed by atoms with E-state index >= 15 is 0 Å². The van der Waals surface area contributed by atoms with Crippen LogP contribution in [0.2, 0.25) is 0 Å². The van der Waals surface area contributed by atoms with Crippen molar-refractivity contribution >= 4 is 5.95 Å². The van der Waals surface area contributed by atoms with E-state index in [9.17, 15) is 0 Å². The summed E-state index contributed by atoms with van der Waals surface area (Å²) in [5, 5.41) is 6.71. The topological polar surface area (TPSA) is 76.8 Å². The fourth-order valence-electron chi connectivity index (χ4n) is 1.60. The first-order valence-electron chi connectivity index (χ1n) is 4.47. The van der Waals surface area contributed by atoms with Crippen molar-refractivity contribution in [1.82, 2.24) is 15.2 Å². The zero-order chi connectivity index (χ0) is 9.31. The van der Waals surface area contributed by atoms with Crippen molar-refractivity contribution < 1.29 is 4.74 Å². The van der Waals surface area contributed by atoms with Gasteiger partial charge >= 0.3 is 0 Å². The van der Waals surface area contributed by atoms with Gasteiger partial charge in [-0.1, -0.05) is 6.92 Å². The third-order valence-corrected chi connectivity index (χ3v) is 2.67. The lowest BCUT2D eigenvalue weighted by Gasteiger charge is -2.30. The number of H-pyrrole nitrogens is 1. The minimum absolute atomic E-state index is 0.0584. The highest BCUT2D eigenvalue weighted by atomic mass is 16.5. The van der Waals surface area contributed by atoms with Crippen LogP contribution >= 0.6 is 0 Å². The van der Waals surface area contributed by atoms with Crippen LogP contribution in [0.4, 0.5) is 5.95 Å². The summed E-state index contributed by atoms with van der Waals surface area (Å²) in [5.41, 5.74) is 5.52. The summed E-state index contributed by atoms with van der Waals surface area (Å²) >= 11 is 0. The Morgan fingerprint density at radius 1 is 1.46 bits per heavy atom. The summed E-state index contributed by atoms with van der Waals surface area (Å²) in [5.74, 6) is 1.20. The summed E-state index contributed by atoms with van der Waals surface area (Å²) in [6.07, 6.45) is 1.95. The van der Waals surface area contributed by atoms with Gasteiger partial charge in [0.2, 0.25) is 5.95 Å². The van der Waals surface area contributed by atoms with E-state index in [-0.39, 0.29) is 5.41 Å². The lowest BCUT2D eigenvalue weighted by molar-refractivity contribution is 0.0537. The van der Waals surface area contributed by atoms with Crippen molar-refractivity contribution in [3.05, 3.63) is 5.82 Å². The first kappa shape index (κ1) is 8.50. The molecular weight excluding hydrogens is 168 g/mol. The molecule has 0 unspecified atom stereocenters. The van der Waals surface area contributed by atoms with Gasteiger partial charge in [0.25, 0.3) is 0 Å². The highest BCUT2D eigenvalue weighted by Crippen LogP contribution is 2.31. The van der Waals surface area contributed by atoms with Crippen molar-refractivity contribution in [1.29, 1.82) is 0 Å². The lowest BCUT2D eigenvalue weighted by atomic mass is 9.82. The molecule has 72 valence electrons. The zero-order valence-corrected chi connectivity index (χ0v) is 7.71. The molecule has 1 aromatic rings. The highest BCUT2D eigenvalue weighted by Gasteiger charge is 2.32. The van der Waals surface area contributed by atoms with Crippen LogP contribution < -0.4 is 5.73 Å². The number of ether oxygens (including phenoxy) is 1. The van der Waals surface area contributed by atoms with Crippen LogP contribution in [-0.4, -0.2) is 28.4 Å². The third-order valence-electron chi connectivity index (χ3n) is 2.67. The first-order chi connectivity index (χ1) is 6.21. The van der Waals surface area contributed by atoms with Gasteiger partial charge in [-0.15, -0.1) is 5.10 Å². The number of aromatic nitrogens is 3. The Hall–Kier alpha value is -1.10. The van der Waals surface area contributed by atoms with E-state index in [1.807, 2.05) is 0 Å². The first-order valence-corrected chi connectivity index (χ1v) is 4.47. The van der Waals surface area contributed by atoms with E-state index in [0.717, 1.165) is 31.9 Å². The molecule has 0 saturated carbocycles. The Bertz CT molecular complexity index is 290. The van der Waals surface area contributed by atoms with Crippen LogP contribution in [0.3, 0.4) is 0 Å². The summed E-state index contributed by atoms with van der Waals surface area (Å²) in [4.78, 5) is 4.16. The zero-order valence-electron chi connectivity index (χ0n) is 7.71. The molecule has 0 amide bonds. The molecule has 2 heterocycles. The molecular formula is C8H14N4O. The van der Waals surface area contributed by atoms with Gasteiger partial charge in [-0.05, 0) is 12.8 Å². The molecule has 0 atom stereocenters. The van der Waals surface area contributed by atoms with Crippen LogP contribution in [0.5, 0.6) is 0 Å². The maximum absolute atomic E-state index is 5.46. The van der Waals surface area contributed by atoms with Gasteiger partial charge in [-0.25, -0.2) is 0 Å². The van der Waals surface area contributed by atoms with E-state index in [0.29, 0.717) is 5.95 Å². The summed E-state index contributed by atoms with van der Waals surface area (Å²) < 4.78 is 5.30. The Morgan fingerprint density at radius 3 is 2.69 bits per heavy atom. The standard InChI is InChI=1S/C8H14N4O/c1-8(2-4-13-5-3-8)6-10-7(9)12-11-6/h2-5H2,1H3,(H3,9,10,11,12). The number of nitrogens with one attached hydrogen (secondary N) is 1. The van der Waals surface area contributed by atoms with Crippen molar-refractivity contribution in [2.45, 2.75) is 25.2 Å². The van der Waals surface area contributed by atoms with E-state index in [2.05, 4.69) is 22.1 Å². The van der Waals surface area contributed by atoms with Crippen molar-refractivity contribution in [2.75, 3.05) is 18.9 Å². The van der Waals surface area contributed by atoms with Crippen molar-refractivity contribution in [3.63, 3.8) is 0 Å². The minimum atomic E-state index is 0.0584. The molecule has 1 aliphatic heterocycles. The highest BCUT2D eigenvalue weighted by molar-refractivity contribution is 5.17. The van der Waals surface area contributed by atoms with Crippen molar-refractivity contribution in [3.8, 4) is 0 Å². The molecule has 1 aliphatic rings. The van der Waals surface area contributed by atoms with Gasteiger partial charge < -0.3 is 10.5 Å². The fraction of sp³-hybridized carbons (Fsp3) is 0.750. The van der Waals surface area contributed by atoms with Crippen LogP contribution in [-0.2, 0) is 10.2 Å². The van der Waals surface area contributed by atoms with E-state index < -0.39 is 0 Å². The number of hydrogen-bond acceptors (Lipinski definition) is 4. The summed E-state index contributed by atoms with van der Waals surface area (Å²) in [6.45, 7) is 3.74. The predicted molar refractivity (Wildman–Crippen MR) is 48.2 cm³/mol. The molecule has 5 nitrogen and oxygen atoms in total. The molecule has 5 heteroatoms. The molecule has 1 fully saturated rings. The van der Waals surface area contributed by atoms with Crippen molar-refractivity contribution in [2.24, 2.45) is 0 Å². The van der Waals surface area contributed by atoms with Crippen LogP contribution in [0.25, 0.3) is 0 Å². The average Bonchev–Trinajstić information content (AvgIpc) is 2.54. The van der Waals surface area contributed by atoms with Gasteiger partial charge in [-0.2, -0.15) is 4.98 Å². The molecule has 1 aromatic heterocycles. The van der Waals surface area contributed by atoms with Gasteiger partial charge in [0.05, 0.1) is 0 Å². The second-order valence-corrected chi connectivity index (χ2v) is 3.72. The molecule has 0 aromatic carbocycles. The number of nitrogens with two attached hydrogens (primary N) is 1. The van der Waals surface area contributed by atoms with Gasteiger partial charge in [0, 0.05) is 18.6 Å². The number of nitrogens with zero attached hydrogens (tertiary/aromatic N) is 2. The minimum Gasteiger partial charge on any atom is -0.381 e. The number of anilines is 1. The molecule has 0 radical (unpaired) electrons. The number of nitrogen functional groups attached to an aromatic ring is 1. The third kappa shape index (κ3) is 1.51. The maximum atomic E-state index is 5.46. The average molecular weight is 182 g/mol. The number of rotatable bonds is 1.